The third kappa shape index (κ3) is 11.7. The maximum Gasteiger partial charge on any atom is 0.457 e. The van der Waals surface area contributed by atoms with Crippen molar-refractivity contribution in [3.8, 4) is 0 Å². The van der Waals surface area contributed by atoms with Crippen molar-refractivity contribution in [3.05, 3.63) is 137 Å². The molecule has 4 aromatic carbocycles. The summed E-state index contributed by atoms with van der Waals surface area (Å²) in [6.07, 6.45) is -27.3. The van der Waals surface area contributed by atoms with Gasteiger partial charge in [0.05, 0.1) is 21.0 Å². The van der Waals surface area contributed by atoms with E-state index in [2.05, 4.69) is 0 Å². The van der Waals surface area contributed by atoms with Gasteiger partial charge in [0, 0.05) is 34.6 Å². The summed E-state index contributed by atoms with van der Waals surface area (Å²) in [5.41, 5.74) is -15.7. The first-order chi connectivity index (χ1) is 32.0. The Bertz CT molecular complexity index is 2640. The van der Waals surface area contributed by atoms with E-state index in [9.17, 15) is 118 Å². The molecule has 4 aromatic rings. The Morgan fingerprint density at radius 3 is 1.27 bits per heavy atom. The highest BCUT2D eigenvalue weighted by molar-refractivity contribution is 6.67. The summed E-state index contributed by atoms with van der Waals surface area (Å²) in [6, 6.07) is 6.41. The van der Waals surface area contributed by atoms with E-state index in [4.69, 9.17) is 17.3 Å². The molecule has 392 valence electrons. The van der Waals surface area contributed by atoms with Gasteiger partial charge < -0.3 is 11.1 Å². The van der Waals surface area contributed by atoms with Crippen molar-refractivity contribution in [3.63, 3.8) is 0 Å². The molecule has 0 aliphatic rings. The Morgan fingerprint density at radius 1 is 0.577 bits per heavy atom. The summed E-state index contributed by atoms with van der Waals surface area (Å²) in [5, 5.41) is 22.0. The summed E-state index contributed by atoms with van der Waals surface area (Å²) >= 11 is 4.98. The Labute approximate surface area is 389 Å². The second-order valence-electron chi connectivity index (χ2n) is 14.4. The molecule has 31 heteroatoms. The number of nitrogens with zero attached hydrogens (tertiary/aromatic N) is 2. The summed E-state index contributed by atoms with van der Waals surface area (Å²) in [4.78, 5) is 42.0. The number of alkyl halides is 18. The van der Waals surface area contributed by atoms with Gasteiger partial charge in [-0.05, 0) is 84.8 Å². The number of amides is 1. The minimum Gasteiger partial charge on any atom is -0.398 e. The van der Waals surface area contributed by atoms with E-state index in [0.29, 0.717) is 0 Å². The maximum absolute atomic E-state index is 14.8. The summed E-state index contributed by atoms with van der Waals surface area (Å²) in [7, 11) is 0. The molecule has 1 amide bonds. The van der Waals surface area contributed by atoms with E-state index in [1.54, 1.807) is 0 Å². The van der Waals surface area contributed by atoms with Gasteiger partial charge in [-0.15, -0.1) is 0 Å². The fourth-order valence-electron chi connectivity index (χ4n) is 6.15. The molecule has 0 saturated heterocycles. The first-order valence-corrected chi connectivity index (χ1v) is 19.1. The zero-order chi connectivity index (χ0) is 55.6. The van der Waals surface area contributed by atoms with E-state index in [1.807, 2.05) is 5.32 Å². The molecule has 71 heavy (non-hydrogen) atoms. The number of aryl methyl sites for hydroxylation is 4. The summed E-state index contributed by atoms with van der Waals surface area (Å²) < 4.78 is 265. The number of anilines is 2. The average molecular weight is 1080 g/mol. The number of nitrogens with one attached hydrogen (secondary N) is 1. The minimum atomic E-state index is -6.91. The quantitative estimate of drug-likeness (QED) is 0.0497. The Balaban J connectivity index is 0.000000409. The highest BCUT2D eigenvalue weighted by Gasteiger charge is 2.83. The molecule has 0 aliphatic heterocycles. The van der Waals surface area contributed by atoms with Crippen LogP contribution in [0.25, 0.3) is 0 Å². The van der Waals surface area contributed by atoms with Crippen molar-refractivity contribution in [2.75, 3.05) is 11.1 Å². The van der Waals surface area contributed by atoms with Crippen molar-refractivity contribution in [2.24, 2.45) is 0 Å². The Morgan fingerprint density at radius 2 is 0.930 bits per heavy atom. The average Bonchev–Trinajstić information content (AvgIpc) is 3.22. The lowest BCUT2D eigenvalue weighted by Crippen LogP contribution is -2.59. The molecule has 0 aliphatic carbocycles. The molecule has 4 rings (SSSR count). The Hall–Kier alpha value is -6.49. The third-order valence-electron chi connectivity index (χ3n) is 9.85. The number of hydrogen-bond acceptors (Lipinski definition) is 7. The van der Waals surface area contributed by atoms with Crippen LogP contribution in [0.2, 0.25) is 0 Å². The van der Waals surface area contributed by atoms with Crippen molar-refractivity contribution >= 4 is 45.5 Å². The van der Waals surface area contributed by atoms with Crippen LogP contribution < -0.4 is 11.1 Å². The van der Waals surface area contributed by atoms with Crippen LogP contribution in [0.15, 0.2) is 60.7 Å². The number of nitro groups is 2. The third-order valence-corrected chi connectivity index (χ3v) is 10.1. The zero-order valence-electron chi connectivity index (χ0n) is 35.5. The lowest BCUT2D eigenvalue weighted by Gasteiger charge is -2.36. The largest absolute Gasteiger partial charge is 0.457 e. The zero-order valence-corrected chi connectivity index (χ0v) is 36.3. The number of benzene rings is 4. The molecule has 2 atom stereocenters. The summed E-state index contributed by atoms with van der Waals surface area (Å²) in [5.74, 6) is -17.7. The van der Waals surface area contributed by atoms with E-state index < -0.39 is 137 Å². The molecule has 0 heterocycles. The highest BCUT2D eigenvalue weighted by atomic mass is 35.5. The molecule has 0 fully saturated rings. The molecule has 0 aromatic heterocycles. The topological polar surface area (TPSA) is 158 Å². The van der Waals surface area contributed by atoms with Crippen LogP contribution in [0.1, 0.15) is 67.9 Å². The minimum absolute atomic E-state index is 0.0473. The first-order valence-electron chi connectivity index (χ1n) is 18.8. The molecule has 0 saturated carbocycles. The number of hydrogen-bond donors (Lipinski definition) is 2. The van der Waals surface area contributed by atoms with Crippen LogP contribution in [0.3, 0.4) is 0 Å². The summed E-state index contributed by atoms with van der Waals surface area (Å²) in [6.45, 7) is 4.55. The van der Waals surface area contributed by atoms with Crippen molar-refractivity contribution < 1.29 is 107 Å². The number of carbonyl (C=O) groups excluding carboxylic acids is 2. The SMILES string of the molecule is CCc1cc(C(F)(C(F)(F)F)C(F)(F)C(F)(F)F)cc(C)c1N.CCc1cc(C(F)(C(F)(F)F)C(F)(F)C(F)(F)F)cc(C)c1NC(=O)c1cccc([N+](=O)[O-])c1F.O=C(Cl)c1cccc([N+](=O)[O-])c1F. The number of nitrogen functional groups attached to an aromatic ring is 1. The van der Waals surface area contributed by atoms with E-state index in [0.717, 1.165) is 44.2 Å². The van der Waals surface area contributed by atoms with Crippen molar-refractivity contribution in [1.29, 1.82) is 0 Å². The van der Waals surface area contributed by atoms with Gasteiger partial charge in [-0.2, -0.15) is 79.0 Å². The van der Waals surface area contributed by atoms with Crippen molar-refractivity contribution in [2.45, 2.75) is 88.4 Å². The van der Waals surface area contributed by atoms with Gasteiger partial charge in [0.25, 0.3) is 11.1 Å². The van der Waals surface area contributed by atoms with Gasteiger partial charge in [-0.25, -0.2) is 8.78 Å². The molecule has 3 N–H and O–H groups in total. The monoisotopic (exact) mass is 1080 g/mol. The Kier molecular flexibility index (Phi) is 18.0. The molecular formula is C40H29ClF20N4O6. The fraction of sp³-hybridized carbons (Fsp3) is 0.350. The normalized spacial score (nSPS) is 14.2. The second kappa shape index (κ2) is 21.1. The van der Waals surface area contributed by atoms with Crippen LogP contribution in [0, 0.1) is 45.7 Å². The molecule has 0 spiro atoms. The van der Waals surface area contributed by atoms with Crippen molar-refractivity contribution in [1.82, 2.24) is 0 Å². The van der Waals surface area contributed by atoms with E-state index >= 15 is 0 Å². The predicted molar refractivity (Wildman–Crippen MR) is 209 cm³/mol. The van der Waals surface area contributed by atoms with Crippen LogP contribution in [-0.4, -0.2) is 57.5 Å². The van der Waals surface area contributed by atoms with Crippen LogP contribution >= 0.6 is 11.6 Å². The van der Waals surface area contributed by atoms with Crippen LogP contribution in [0.4, 0.5) is 111 Å². The smallest absolute Gasteiger partial charge is 0.398 e. The number of nitro benzene ring substituents is 2. The first kappa shape index (κ1) is 60.6. The molecule has 0 radical (unpaired) electrons. The number of halogens is 21. The number of rotatable bonds is 11. The number of nitrogens with two attached hydrogens (primary N) is 1. The lowest BCUT2D eigenvalue weighted by atomic mass is 9.85. The molecule has 10 nitrogen and oxygen atoms in total. The molecule has 0 bridgehead atoms. The van der Waals surface area contributed by atoms with Gasteiger partial charge in [0.2, 0.25) is 11.6 Å². The fourth-order valence-corrected chi connectivity index (χ4v) is 6.29. The number of carbonyl (C=O) groups is 2. The maximum atomic E-state index is 14.8. The van der Waals surface area contributed by atoms with Gasteiger partial charge in [-0.1, -0.05) is 38.1 Å². The van der Waals surface area contributed by atoms with Gasteiger partial charge in [0.1, 0.15) is 0 Å². The van der Waals surface area contributed by atoms with Gasteiger partial charge in [0.15, 0.2) is 0 Å². The predicted octanol–water partition coefficient (Wildman–Crippen LogP) is 14.0. The molecule has 2 unspecified atom stereocenters. The van der Waals surface area contributed by atoms with E-state index in [1.165, 1.54) is 19.9 Å². The van der Waals surface area contributed by atoms with Crippen LogP contribution in [-0.2, 0) is 24.2 Å². The standard InChI is InChI=1S/C20H14F10N2O3.C13H12F9N.C7H3ClFNO3/c1-3-10-8-11(17(22,19(25,26)27)18(23,24)20(28,29)30)7-9(2)15(10)31-16(33)12-5-4-6-13(14(12)21)32(34)35;1-3-7-5-8(4-6(2)9(7)23)10(14,12(17,18)19)11(15,16)13(20,21)22;8-7(11)4-2-1-3-5(6(4)9)10(12)13/h4-8H,3H2,1-2H3,(H,31,33);4-5H,3,23H2,1-2H3;1-3H. The van der Waals surface area contributed by atoms with Gasteiger partial charge in [-0.3, -0.25) is 29.8 Å². The van der Waals surface area contributed by atoms with Gasteiger partial charge >= 0.3 is 59.3 Å². The lowest BCUT2D eigenvalue weighted by molar-refractivity contribution is -0.389. The molecular weight excluding hydrogens is 1050 g/mol. The van der Waals surface area contributed by atoms with Crippen LogP contribution in [0.5, 0.6) is 0 Å². The second-order valence-corrected chi connectivity index (χ2v) is 14.7. The van der Waals surface area contributed by atoms with E-state index in [-0.39, 0.29) is 47.5 Å². The highest BCUT2D eigenvalue weighted by Crippen LogP contribution is 2.60.